The first-order valence-corrected chi connectivity index (χ1v) is 8.52. The zero-order chi connectivity index (χ0) is 13.9. The van der Waals surface area contributed by atoms with Crippen molar-refractivity contribution in [3.8, 4) is 0 Å². The molecule has 2 N–H and O–H groups in total. The van der Waals surface area contributed by atoms with Crippen molar-refractivity contribution in [3.63, 3.8) is 0 Å². The number of carbonyl (C=O) groups excluding carboxylic acids is 1. The van der Waals surface area contributed by atoms with Gasteiger partial charge in [0.15, 0.2) is 0 Å². The van der Waals surface area contributed by atoms with E-state index in [1.165, 1.54) is 45.2 Å². The number of piperidine rings is 2. The predicted octanol–water partition coefficient (Wildman–Crippen LogP) is 2.43. The molecule has 6 heteroatoms. The highest BCUT2D eigenvalue weighted by molar-refractivity contribution is 5.85. The Morgan fingerprint density at radius 3 is 2.05 bits per heavy atom. The molecule has 1 aliphatic carbocycles. The van der Waals surface area contributed by atoms with Crippen molar-refractivity contribution in [2.45, 2.75) is 63.5 Å². The first-order chi connectivity index (χ1) is 9.74. The van der Waals surface area contributed by atoms with Gasteiger partial charge >= 0.3 is 0 Å². The van der Waals surface area contributed by atoms with E-state index in [0.717, 1.165) is 38.4 Å². The van der Waals surface area contributed by atoms with Gasteiger partial charge < -0.3 is 15.5 Å². The van der Waals surface area contributed by atoms with E-state index in [9.17, 15) is 4.79 Å². The average Bonchev–Trinajstić information content (AvgIpc) is 2.94. The monoisotopic (exact) mass is 351 g/mol. The van der Waals surface area contributed by atoms with E-state index in [-0.39, 0.29) is 36.8 Å². The number of nitrogens with zero attached hydrogens (tertiary/aromatic N) is 2. The summed E-state index contributed by atoms with van der Waals surface area (Å²) in [5, 5.41) is 0. The lowest BCUT2D eigenvalue weighted by molar-refractivity contribution is -0.137. The van der Waals surface area contributed by atoms with Gasteiger partial charge in [0.25, 0.3) is 0 Å². The molecule has 0 spiro atoms. The third-order valence-electron chi connectivity index (χ3n) is 5.51. The Bertz CT molecular complexity index is 342. The number of amides is 1. The number of hydrogen-bond acceptors (Lipinski definition) is 3. The Morgan fingerprint density at radius 1 is 0.864 bits per heavy atom. The van der Waals surface area contributed by atoms with Crippen LogP contribution >= 0.6 is 24.8 Å². The third kappa shape index (κ3) is 4.73. The number of carbonyl (C=O) groups is 1. The van der Waals surface area contributed by atoms with Gasteiger partial charge in [-0.15, -0.1) is 24.8 Å². The van der Waals surface area contributed by atoms with Crippen LogP contribution in [0.1, 0.15) is 51.4 Å². The quantitative estimate of drug-likeness (QED) is 0.830. The molecule has 0 aromatic carbocycles. The van der Waals surface area contributed by atoms with Gasteiger partial charge in [-0.05, 0) is 58.0 Å². The highest BCUT2D eigenvalue weighted by Gasteiger charge is 2.33. The summed E-state index contributed by atoms with van der Waals surface area (Å²) in [5.74, 6) is 0.603. The molecule has 0 aromatic rings. The molecule has 130 valence electrons. The van der Waals surface area contributed by atoms with Crippen LogP contribution in [-0.4, -0.2) is 54.0 Å². The summed E-state index contributed by atoms with van der Waals surface area (Å²) in [4.78, 5) is 17.3. The molecule has 0 radical (unpaired) electrons. The van der Waals surface area contributed by atoms with Gasteiger partial charge in [0, 0.05) is 31.1 Å². The largest absolute Gasteiger partial charge is 0.342 e. The fraction of sp³-hybridized carbons (Fsp3) is 0.938. The summed E-state index contributed by atoms with van der Waals surface area (Å²) in [7, 11) is 0. The van der Waals surface area contributed by atoms with Crippen LogP contribution in [0.3, 0.4) is 0 Å². The number of likely N-dealkylation sites (tertiary alicyclic amines) is 2. The van der Waals surface area contributed by atoms with Gasteiger partial charge in [-0.1, -0.05) is 6.42 Å². The van der Waals surface area contributed by atoms with Crippen LogP contribution in [0, 0.1) is 5.92 Å². The molecule has 1 saturated carbocycles. The summed E-state index contributed by atoms with van der Waals surface area (Å²) < 4.78 is 0. The predicted molar refractivity (Wildman–Crippen MR) is 94.8 cm³/mol. The average molecular weight is 352 g/mol. The molecule has 2 aliphatic heterocycles. The van der Waals surface area contributed by atoms with Gasteiger partial charge in [0.05, 0.1) is 0 Å². The molecule has 3 aliphatic rings. The smallest absolute Gasteiger partial charge is 0.225 e. The van der Waals surface area contributed by atoms with E-state index >= 15 is 0 Å². The molecule has 2 unspecified atom stereocenters. The Morgan fingerprint density at radius 2 is 1.50 bits per heavy atom. The van der Waals surface area contributed by atoms with E-state index in [4.69, 9.17) is 5.73 Å². The molecular formula is C16H31Cl2N3O. The Labute approximate surface area is 147 Å². The molecule has 2 heterocycles. The van der Waals surface area contributed by atoms with Crippen LogP contribution < -0.4 is 5.73 Å². The van der Waals surface area contributed by atoms with E-state index in [1.807, 2.05) is 0 Å². The molecule has 3 fully saturated rings. The van der Waals surface area contributed by atoms with Crippen molar-refractivity contribution in [1.29, 1.82) is 0 Å². The Balaban J connectivity index is 0.00000121. The topological polar surface area (TPSA) is 49.6 Å². The number of halogens is 2. The maximum atomic E-state index is 12.5. The number of nitrogens with two attached hydrogens (primary N) is 1. The van der Waals surface area contributed by atoms with Gasteiger partial charge in [-0.2, -0.15) is 0 Å². The van der Waals surface area contributed by atoms with E-state index in [2.05, 4.69) is 9.80 Å². The van der Waals surface area contributed by atoms with E-state index in [1.54, 1.807) is 0 Å². The summed E-state index contributed by atoms with van der Waals surface area (Å²) in [6, 6.07) is 0.986. The molecule has 2 saturated heterocycles. The minimum absolute atomic E-state index is 0. The van der Waals surface area contributed by atoms with Crippen molar-refractivity contribution in [2.75, 3.05) is 26.2 Å². The third-order valence-corrected chi connectivity index (χ3v) is 5.51. The highest BCUT2D eigenvalue weighted by atomic mass is 35.5. The molecular weight excluding hydrogens is 321 g/mol. The lowest BCUT2D eigenvalue weighted by Crippen LogP contribution is -2.49. The summed E-state index contributed by atoms with van der Waals surface area (Å²) >= 11 is 0. The standard InChI is InChI=1S/C16H29N3O.2ClH/c17-14-5-4-13(12-14)16(20)19-10-6-15(7-11-19)18-8-2-1-3-9-18;;/h13-15H,1-12,17H2;2*1H. The normalized spacial score (nSPS) is 30.5. The highest BCUT2D eigenvalue weighted by Crippen LogP contribution is 2.28. The minimum Gasteiger partial charge on any atom is -0.342 e. The zero-order valence-electron chi connectivity index (χ0n) is 13.4. The van der Waals surface area contributed by atoms with Crippen molar-refractivity contribution < 1.29 is 4.79 Å². The van der Waals surface area contributed by atoms with Crippen LogP contribution in [0.2, 0.25) is 0 Å². The van der Waals surface area contributed by atoms with Gasteiger partial charge in [-0.3, -0.25) is 4.79 Å². The summed E-state index contributed by atoms with van der Waals surface area (Å²) in [6.07, 6.45) is 9.40. The van der Waals surface area contributed by atoms with Crippen molar-refractivity contribution in [2.24, 2.45) is 11.7 Å². The molecule has 0 bridgehead atoms. The molecule has 0 aromatic heterocycles. The number of hydrogen-bond donors (Lipinski definition) is 1. The Kier molecular flexibility index (Phi) is 8.47. The second-order valence-corrected chi connectivity index (χ2v) is 6.92. The Hall–Kier alpha value is -0.0300. The molecule has 1 amide bonds. The second kappa shape index (κ2) is 9.31. The first kappa shape index (κ1) is 20.0. The molecule has 2 atom stereocenters. The minimum atomic E-state index is 0. The summed E-state index contributed by atoms with van der Waals surface area (Å²) in [6.45, 7) is 4.48. The van der Waals surface area contributed by atoms with E-state index in [0.29, 0.717) is 5.91 Å². The second-order valence-electron chi connectivity index (χ2n) is 6.92. The number of rotatable bonds is 2. The fourth-order valence-electron chi connectivity index (χ4n) is 4.23. The van der Waals surface area contributed by atoms with Gasteiger partial charge in [0.2, 0.25) is 5.91 Å². The first-order valence-electron chi connectivity index (χ1n) is 8.52. The van der Waals surface area contributed by atoms with Crippen molar-refractivity contribution in [3.05, 3.63) is 0 Å². The van der Waals surface area contributed by atoms with Crippen LogP contribution in [0.5, 0.6) is 0 Å². The zero-order valence-corrected chi connectivity index (χ0v) is 15.0. The maximum absolute atomic E-state index is 12.5. The van der Waals surface area contributed by atoms with E-state index < -0.39 is 0 Å². The fourth-order valence-corrected chi connectivity index (χ4v) is 4.23. The lowest BCUT2D eigenvalue weighted by atomic mass is 9.98. The van der Waals surface area contributed by atoms with Crippen LogP contribution in [-0.2, 0) is 4.79 Å². The van der Waals surface area contributed by atoms with Crippen molar-refractivity contribution >= 4 is 30.7 Å². The van der Waals surface area contributed by atoms with Crippen molar-refractivity contribution in [1.82, 2.24) is 9.80 Å². The van der Waals surface area contributed by atoms with Crippen LogP contribution in [0.15, 0.2) is 0 Å². The van der Waals surface area contributed by atoms with Gasteiger partial charge in [0.1, 0.15) is 0 Å². The van der Waals surface area contributed by atoms with Gasteiger partial charge in [-0.25, -0.2) is 0 Å². The maximum Gasteiger partial charge on any atom is 0.225 e. The molecule has 22 heavy (non-hydrogen) atoms. The van der Waals surface area contributed by atoms with Crippen LogP contribution in [0.25, 0.3) is 0 Å². The summed E-state index contributed by atoms with van der Waals surface area (Å²) in [5.41, 5.74) is 5.93. The molecule has 4 nitrogen and oxygen atoms in total. The van der Waals surface area contributed by atoms with Crippen LogP contribution in [0.4, 0.5) is 0 Å². The molecule has 3 rings (SSSR count). The lowest BCUT2D eigenvalue weighted by Gasteiger charge is -2.40. The SMILES string of the molecule is Cl.Cl.NC1CCC(C(=O)N2CCC(N3CCCCC3)CC2)C1.